The zero-order valence-electron chi connectivity index (χ0n) is 16.9. The lowest BCUT2D eigenvalue weighted by molar-refractivity contribution is -0.133. The number of aromatic nitrogens is 1. The molecule has 0 saturated carbocycles. The van der Waals surface area contributed by atoms with Crippen molar-refractivity contribution in [3.05, 3.63) is 54.4 Å². The lowest BCUT2D eigenvalue weighted by atomic mass is 10.3. The Kier molecular flexibility index (Phi) is 8.55. The van der Waals surface area contributed by atoms with Crippen molar-refractivity contribution < 1.29 is 14.3 Å². The summed E-state index contributed by atoms with van der Waals surface area (Å²) in [7, 11) is 3.56. The monoisotopic (exact) mass is 386 g/mol. The number of benzene rings is 1. The van der Waals surface area contributed by atoms with Gasteiger partial charge in [0, 0.05) is 44.8 Å². The van der Waals surface area contributed by atoms with Gasteiger partial charge >= 0.3 is 6.03 Å². The predicted octanol–water partition coefficient (Wildman–Crippen LogP) is 2.94. The van der Waals surface area contributed by atoms with E-state index in [9.17, 15) is 9.59 Å². The Morgan fingerprint density at radius 2 is 1.82 bits per heavy atom. The van der Waals surface area contributed by atoms with E-state index in [4.69, 9.17) is 4.74 Å². The van der Waals surface area contributed by atoms with Crippen LogP contribution in [0.4, 0.5) is 10.5 Å². The molecule has 0 unspecified atom stereocenters. The molecule has 1 aromatic heterocycles. The zero-order valence-corrected chi connectivity index (χ0v) is 16.9. The molecule has 0 atom stereocenters. The van der Waals surface area contributed by atoms with Gasteiger partial charge in [-0.25, -0.2) is 4.79 Å². The average Bonchev–Trinajstić information content (AvgIpc) is 3.10. The van der Waals surface area contributed by atoms with Crippen molar-refractivity contribution in [2.45, 2.75) is 19.9 Å². The molecule has 152 valence electrons. The topological polar surface area (TPSA) is 66.8 Å². The first-order valence-corrected chi connectivity index (χ1v) is 9.53. The number of para-hydroxylation sites is 1. The van der Waals surface area contributed by atoms with Crippen LogP contribution in [0.25, 0.3) is 0 Å². The third kappa shape index (κ3) is 6.42. The number of carbonyl (C=O) groups excluding carboxylic acids is 2. The van der Waals surface area contributed by atoms with Crippen molar-refractivity contribution in [1.29, 1.82) is 0 Å². The lowest BCUT2D eigenvalue weighted by Crippen LogP contribution is -2.45. The second kappa shape index (κ2) is 11.1. The maximum Gasteiger partial charge on any atom is 0.322 e. The summed E-state index contributed by atoms with van der Waals surface area (Å²) in [6.45, 7) is 3.92. The van der Waals surface area contributed by atoms with Gasteiger partial charge in [0.1, 0.15) is 6.54 Å². The summed E-state index contributed by atoms with van der Waals surface area (Å²) < 4.78 is 7.14. The minimum absolute atomic E-state index is 0.0284. The molecule has 0 aliphatic heterocycles. The van der Waals surface area contributed by atoms with Crippen molar-refractivity contribution in [3.63, 3.8) is 0 Å². The van der Waals surface area contributed by atoms with Crippen molar-refractivity contribution >= 4 is 17.6 Å². The maximum atomic E-state index is 13.0. The van der Waals surface area contributed by atoms with Crippen LogP contribution in [0.5, 0.6) is 0 Å². The summed E-state index contributed by atoms with van der Waals surface area (Å²) in [5, 5.41) is 2.86. The van der Waals surface area contributed by atoms with Gasteiger partial charge < -0.3 is 24.4 Å². The third-order valence-corrected chi connectivity index (χ3v) is 4.45. The van der Waals surface area contributed by atoms with E-state index in [0.717, 1.165) is 12.1 Å². The van der Waals surface area contributed by atoms with Gasteiger partial charge in [0.05, 0.1) is 13.2 Å². The van der Waals surface area contributed by atoms with Crippen LogP contribution >= 0.6 is 0 Å². The van der Waals surface area contributed by atoms with Crippen LogP contribution in [-0.2, 0) is 23.1 Å². The van der Waals surface area contributed by atoms with Crippen LogP contribution in [0.1, 0.15) is 19.0 Å². The number of anilines is 1. The summed E-state index contributed by atoms with van der Waals surface area (Å²) in [4.78, 5) is 28.9. The molecule has 3 amide bonds. The van der Waals surface area contributed by atoms with Crippen LogP contribution in [0.15, 0.2) is 48.7 Å². The SMILES string of the molecule is CCCN(CC(=O)N(CCOC)Cc1cccn1C)C(=O)Nc1ccccc1. The van der Waals surface area contributed by atoms with E-state index in [0.29, 0.717) is 31.9 Å². The number of amides is 3. The van der Waals surface area contributed by atoms with E-state index in [1.54, 1.807) is 16.9 Å². The first kappa shape index (κ1) is 21.5. The first-order valence-electron chi connectivity index (χ1n) is 9.53. The number of rotatable bonds is 10. The van der Waals surface area contributed by atoms with Crippen LogP contribution in [0, 0.1) is 0 Å². The minimum Gasteiger partial charge on any atom is -0.383 e. The van der Waals surface area contributed by atoms with Crippen molar-refractivity contribution in [2.75, 3.05) is 38.7 Å². The largest absolute Gasteiger partial charge is 0.383 e. The fraction of sp³-hybridized carbons (Fsp3) is 0.429. The summed E-state index contributed by atoms with van der Waals surface area (Å²) in [5.74, 6) is -0.102. The highest BCUT2D eigenvalue weighted by Gasteiger charge is 2.21. The average molecular weight is 386 g/mol. The number of hydrogen-bond donors (Lipinski definition) is 1. The summed E-state index contributed by atoms with van der Waals surface area (Å²) in [6.07, 6.45) is 2.72. The highest BCUT2D eigenvalue weighted by atomic mass is 16.5. The lowest BCUT2D eigenvalue weighted by Gasteiger charge is -2.27. The molecule has 7 nitrogen and oxygen atoms in total. The van der Waals surface area contributed by atoms with Crippen LogP contribution < -0.4 is 5.32 Å². The molecule has 1 aromatic carbocycles. The Morgan fingerprint density at radius 1 is 1.07 bits per heavy atom. The van der Waals surface area contributed by atoms with Crippen molar-refractivity contribution in [3.8, 4) is 0 Å². The van der Waals surface area contributed by atoms with E-state index in [2.05, 4.69) is 5.32 Å². The minimum atomic E-state index is -0.271. The number of ether oxygens (including phenoxy) is 1. The highest BCUT2D eigenvalue weighted by molar-refractivity contribution is 5.92. The Morgan fingerprint density at radius 3 is 2.43 bits per heavy atom. The van der Waals surface area contributed by atoms with Crippen LogP contribution in [0.3, 0.4) is 0 Å². The molecule has 0 saturated heterocycles. The van der Waals surface area contributed by atoms with E-state index in [-0.39, 0.29) is 18.5 Å². The van der Waals surface area contributed by atoms with Crippen molar-refractivity contribution in [2.24, 2.45) is 7.05 Å². The van der Waals surface area contributed by atoms with Crippen LogP contribution in [0.2, 0.25) is 0 Å². The van der Waals surface area contributed by atoms with Gasteiger partial charge in [-0.3, -0.25) is 4.79 Å². The smallest absolute Gasteiger partial charge is 0.322 e. The molecule has 1 N–H and O–H groups in total. The van der Waals surface area contributed by atoms with E-state index >= 15 is 0 Å². The fourth-order valence-corrected chi connectivity index (χ4v) is 2.86. The molecule has 0 radical (unpaired) electrons. The Labute approximate surface area is 166 Å². The van der Waals surface area contributed by atoms with E-state index < -0.39 is 0 Å². The van der Waals surface area contributed by atoms with Gasteiger partial charge in [0.15, 0.2) is 0 Å². The number of aryl methyl sites for hydroxylation is 1. The van der Waals surface area contributed by atoms with Crippen molar-refractivity contribution in [1.82, 2.24) is 14.4 Å². The summed E-state index contributed by atoms with van der Waals surface area (Å²) >= 11 is 0. The standard InChI is InChI=1S/C21H30N4O3/c1-4-12-25(21(27)22-18-9-6-5-7-10-18)17-20(26)24(14-15-28-3)16-19-11-8-13-23(19)2/h5-11,13H,4,12,14-17H2,1-3H3,(H,22,27). The van der Waals surface area contributed by atoms with Gasteiger partial charge in [-0.15, -0.1) is 0 Å². The predicted molar refractivity (Wildman–Crippen MR) is 110 cm³/mol. The molecule has 7 heteroatoms. The maximum absolute atomic E-state index is 13.0. The highest BCUT2D eigenvalue weighted by Crippen LogP contribution is 2.09. The van der Waals surface area contributed by atoms with Gasteiger partial charge in [-0.05, 0) is 30.7 Å². The van der Waals surface area contributed by atoms with E-state index in [1.165, 1.54) is 0 Å². The second-order valence-corrected chi connectivity index (χ2v) is 6.64. The molecule has 0 aliphatic carbocycles. The quantitative estimate of drug-likeness (QED) is 0.683. The Hall–Kier alpha value is -2.80. The number of carbonyl (C=O) groups is 2. The number of nitrogens with zero attached hydrogens (tertiary/aromatic N) is 3. The third-order valence-electron chi connectivity index (χ3n) is 4.45. The summed E-state index contributed by atoms with van der Waals surface area (Å²) in [5.41, 5.74) is 1.74. The molecule has 2 rings (SSSR count). The molecule has 28 heavy (non-hydrogen) atoms. The molecule has 0 aliphatic rings. The molecule has 2 aromatic rings. The fourth-order valence-electron chi connectivity index (χ4n) is 2.86. The number of nitrogens with one attached hydrogen (secondary N) is 1. The van der Waals surface area contributed by atoms with Crippen LogP contribution in [-0.4, -0.2) is 59.7 Å². The molecular formula is C21H30N4O3. The molecule has 0 bridgehead atoms. The normalized spacial score (nSPS) is 10.5. The zero-order chi connectivity index (χ0) is 20.4. The Bertz CT molecular complexity index is 745. The number of hydrogen-bond acceptors (Lipinski definition) is 3. The van der Waals surface area contributed by atoms with Gasteiger partial charge in [-0.2, -0.15) is 0 Å². The van der Waals surface area contributed by atoms with Gasteiger partial charge in [0.25, 0.3) is 0 Å². The Balaban J connectivity index is 2.05. The molecule has 0 fully saturated rings. The first-order chi connectivity index (χ1) is 13.5. The van der Waals surface area contributed by atoms with E-state index in [1.807, 2.05) is 67.2 Å². The molecule has 1 heterocycles. The number of methoxy groups -OCH3 is 1. The second-order valence-electron chi connectivity index (χ2n) is 6.64. The summed E-state index contributed by atoms with van der Waals surface area (Å²) in [6, 6.07) is 12.9. The van der Waals surface area contributed by atoms with Gasteiger partial charge in [-0.1, -0.05) is 25.1 Å². The van der Waals surface area contributed by atoms with Gasteiger partial charge in [0.2, 0.25) is 5.91 Å². The molecule has 0 spiro atoms. The number of urea groups is 1. The molecular weight excluding hydrogens is 356 g/mol.